The first-order chi connectivity index (χ1) is 14.1. The molecular weight excluding hydrogens is 400 g/mol. The van der Waals surface area contributed by atoms with E-state index in [1.807, 2.05) is 58.9 Å². The Morgan fingerprint density at radius 3 is 2.37 bits per heavy atom. The Kier molecular flexibility index (Phi) is 8.30. The highest BCUT2D eigenvalue weighted by Crippen LogP contribution is 2.18. The molecule has 30 heavy (non-hydrogen) atoms. The lowest BCUT2D eigenvalue weighted by atomic mass is 10.1. The molecule has 0 aliphatic carbocycles. The van der Waals surface area contributed by atoms with E-state index in [1.54, 1.807) is 29.2 Å². The third kappa shape index (κ3) is 7.38. The zero-order valence-electron chi connectivity index (χ0n) is 18.4. The predicted molar refractivity (Wildman–Crippen MR) is 121 cm³/mol. The Bertz CT molecular complexity index is 859. The second kappa shape index (κ2) is 10.5. The van der Waals surface area contributed by atoms with Crippen molar-refractivity contribution >= 4 is 23.4 Å². The molecule has 2 aromatic rings. The summed E-state index contributed by atoms with van der Waals surface area (Å²) >= 11 is 5.99. The van der Waals surface area contributed by atoms with Crippen LogP contribution < -0.4 is 10.1 Å². The average Bonchev–Trinajstić information content (AvgIpc) is 2.66. The van der Waals surface area contributed by atoms with E-state index >= 15 is 0 Å². The van der Waals surface area contributed by atoms with E-state index in [-0.39, 0.29) is 24.0 Å². The maximum atomic E-state index is 13.1. The normalized spacial score (nSPS) is 12.2. The molecule has 2 rings (SSSR count). The third-order valence-electron chi connectivity index (χ3n) is 4.52. The van der Waals surface area contributed by atoms with Crippen LogP contribution in [-0.2, 0) is 16.1 Å². The number of nitrogens with one attached hydrogen (secondary N) is 1. The van der Waals surface area contributed by atoms with Gasteiger partial charge in [0.05, 0.1) is 0 Å². The summed E-state index contributed by atoms with van der Waals surface area (Å²) in [6, 6.07) is 14.2. The predicted octanol–water partition coefficient (Wildman–Crippen LogP) is 4.75. The molecule has 0 unspecified atom stereocenters. The van der Waals surface area contributed by atoms with Crippen molar-refractivity contribution < 1.29 is 14.3 Å². The second-order valence-corrected chi connectivity index (χ2v) is 8.85. The number of rotatable bonds is 8. The van der Waals surface area contributed by atoms with Gasteiger partial charge in [-0.2, -0.15) is 0 Å². The Balaban J connectivity index is 2.22. The number of carbonyl (C=O) groups is 2. The molecule has 0 heterocycles. The highest BCUT2D eigenvalue weighted by atomic mass is 35.5. The van der Waals surface area contributed by atoms with Crippen molar-refractivity contribution in [1.82, 2.24) is 10.2 Å². The molecule has 0 radical (unpaired) electrons. The minimum atomic E-state index is -0.596. The van der Waals surface area contributed by atoms with Gasteiger partial charge in [-0.3, -0.25) is 9.59 Å². The Hall–Kier alpha value is -2.53. The number of halogens is 1. The zero-order chi connectivity index (χ0) is 22.3. The van der Waals surface area contributed by atoms with Crippen molar-refractivity contribution in [2.45, 2.75) is 59.2 Å². The number of carbonyl (C=O) groups excluding carboxylic acids is 2. The lowest BCUT2D eigenvalue weighted by Gasteiger charge is -2.33. The second-order valence-electron chi connectivity index (χ2n) is 8.42. The van der Waals surface area contributed by atoms with Crippen molar-refractivity contribution in [2.24, 2.45) is 0 Å². The first-order valence-electron chi connectivity index (χ1n) is 10.1. The first-order valence-corrected chi connectivity index (χ1v) is 10.5. The minimum Gasteiger partial charge on any atom is -0.484 e. The molecule has 0 spiro atoms. The summed E-state index contributed by atoms with van der Waals surface area (Å²) in [5, 5.41) is 3.53. The summed E-state index contributed by atoms with van der Waals surface area (Å²) in [6.07, 6.45) is 0.497. The number of hydrogen-bond donors (Lipinski definition) is 1. The molecule has 0 saturated carbocycles. The monoisotopic (exact) mass is 430 g/mol. The van der Waals surface area contributed by atoms with E-state index in [0.717, 1.165) is 11.1 Å². The maximum Gasteiger partial charge on any atom is 0.261 e. The molecule has 6 heteroatoms. The summed E-state index contributed by atoms with van der Waals surface area (Å²) in [7, 11) is 0. The number of ether oxygens (including phenoxy) is 1. The van der Waals surface area contributed by atoms with E-state index in [4.69, 9.17) is 16.3 Å². The maximum absolute atomic E-state index is 13.1. The smallest absolute Gasteiger partial charge is 0.261 e. The Morgan fingerprint density at radius 1 is 1.13 bits per heavy atom. The van der Waals surface area contributed by atoms with Gasteiger partial charge in [0.15, 0.2) is 6.61 Å². The van der Waals surface area contributed by atoms with Crippen molar-refractivity contribution in [3.8, 4) is 5.75 Å². The Morgan fingerprint density at radius 2 is 1.80 bits per heavy atom. The standard InChI is InChI=1S/C24H31ClN2O3/c1-6-21(23(29)26-24(3,4)5)27(15-18-12-10-17(2)11-13-18)22(28)16-30-20-9-7-8-19(25)14-20/h7-14,21H,6,15-16H2,1-5H3,(H,26,29)/t21-/m0/s1. The number of benzene rings is 2. The molecule has 0 aromatic heterocycles. The molecule has 2 aromatic carbocycles. The summed E-state index contributed by atoms with van der Waals surface area (Å²) in [6.45, 7) is 9.83. The summed E-state index contributed by atoms with van der Waals surface area (Å²) in [5.41, 5.74) is 1.71. The van der Waals surface area contributed by atoms with Gasteiger partial charge in [-0.25, -0.2) is 0 Å². The van der Waals surface area contributed by atoms with Crippen LogP contribution in [0.15, 0.2) is 48.5 Å². The van der Waals surface area contributed by atoms with Crippen LogP contribution in [0.25, 0.3) is 0 Å². The zero-order valence-corrected chi connectivity index (χ0v) is 19.1. The molecule has 1 N–H and O–H groups in total. The van der Waals surface area contributed by atoms with E-state index < -0.39 is 6.04 Å². The first kappa shape index (κ1) is 23.7. The van der Waals surface area contributed by atoms with Crippen LogP contribution in [0.3, 0.4) is 0 Å². The van der Waals surface area contributed by atoms with Crippen LogP contribution in [0.4, 0.5) is 0 Å². The fourth-order valence-corrected chi connectivity index (χ4v) is 3.23. The van der Waals surface area contributed by atoms with Gasteiger partial charge in [-0.05, 0) is 57.9 Å². The van der Waals surface area contributed by atoms with Gasteiger partial charge in [0.2, 0.25) is 5.91 Å². The van der Waals surface area contributed by atoms with Gasteiger partial charge in [-0.1, -0.05) is 54.4 Å². The minimum absolute atomic E-state index is 0.173. The van der Waals surface area contributed by atoms with Crippen LogP contribution >= 0.6 is 11.6 Å². The molecule has 1 atom stereocenters. The highest BCUT2D eigenvalue weighted by molar-refractivity contribution is 6.30. The third-order valence-corrected chi connectivity index (χ3v) is 4.75. The molecule has 0 aliphatic rings. The van der Waals surface area contributed by atoms with Crippen LogP contribution in [0.1, 0.15) is 45.2 Å². The largest absolute Gasteiger partial charge is 0.484 e. The van der Waals surface area contributed by atoms with E-state index in [1.165, 1.54) is 0 Å². The van der Waals surface area contributed by atoms with E-state index in [0.29, 0.717) is 23.7 Å². The molecule has 162 valence electrons. The fourth-order valence-electron chi connectivity index (χ4n) is 3.05. The number of nitrogens with zero attached hydrogens (tertiary/aromatic N) is 1. The molecular formula is C24H31ClN2O3. The summed E-state index contributed by atoms with van der Waals surface area (Å²) in [4.78, 5) is 27.7. The average molecular weight is 431 g/mol. The molecule has 0 aliphatic heterocycles. The number of aryl methyl sites for hydroxylation is 1. The SMILES string of the molecule is CC[C@@H](C(=O)NC(C)(C)C)N(Cc1ccc(C)cc1)C(=O)COc1cccc(Cl)c1. The topological polar surface area (TPSA) is 58.6 Å². The van der Waals surface area contributed by atoms with E-state index in [2.05, 4.69) is 5.32 Å². The lowest BCUT2D eigenvalue weighted by Crippen LogP contribution is -2.54. The highest BCUT2D eigenvalue weighted by Gasteiger charge is 2.30. The summed E-state index contributed by atoms with van der Waals surface area (Å²) < 4.78 is 5.65. The van der Waals surface area contributed by atoms with Crippen molar-refractivity contribution in [1.29, 1.82) is 0 Å². The summed E-state index contributed by atoms with van der Waals surface area (Å²) in [5.74, 6) is 0.0815. The van der Waals surface area contributed by atoms with Crippen molar-refractivity contribution in [3.05, 3.63) is 64.7 Å². The fraction of sp³-hybridized carbons (Fsp3) is 0.417. The van der Waals surface area contributed by atoms with E-state index in [9.17, 15) is 9.59 Å². The van der Waals surface area contributed by atoms with Crippen molar-refractivity contribution in [3.63, 3.8) is 0 Å². The van der Waals surface area contributed by atoms with Crippen LogP contribution in [0.2, 0.25) is 5.02 Å². The lowest BCUT2D eigenvalue weighted by molar-refractivity contribution is -0.143. The molecule has 0 bridgehead atoms. The van der Waals surface area contributed by atoms with Gasteiger partial charge in [-0.15, -0.1) is 0 Å². The molecule has 0 fully saturated rings. The van der Waals surface area contributed by atoms with Gasteiger partial charge in [0.25, 0.3) is 5.91 Å². The molecule has 0 saturated heterocycles. The molecule has 2 amide bonds. The number of amides is 2. The van der Waals surface area contributed by atoms with Gasteiger partial charge >= 0.3 is 0 Å². The quantitative estimate of drug-likeness (QED) is 0.657. The molecule has 5 nitrogen and oxygen atoms in total. The number of hydrogen-bond acceptors (Lipinski definition) is 3. The van der Waals surface area contributed by atoms with Crippen LogP contribution in [0.5, 0.6) is 5.75 Å². The van der Waals surface area contributed by atoms with Crippen molar-refractivity contribution in [2.75, 3.05) is 6.61 Å². The van der Waals surface area contributed by atoms with Crippen LogP contribution in [-0.4, -0.2) is 34.9 Å². The van der Waals surface area contributed by atoms with Gasteiger partial charge in [0, 0.05) is 17.1 Å². The van der Waals surface area contributed by atoms with Crippen LogP contribution in [0, 0.1) is 6.92 Å². The Labute approximate surface area is 184 Å². The van der Waals surface area contributed by atoms with Gasteiger partial charge < -0.3 is 15.0 Å². The van der Waals surface area contributed by atoms with Gasteiger partial charge in [0.1, 0.15) is 11.8 Å².